The van der Waals surface area contributed by atoms with E-state index in [2.05, 4.69) is 155 Å². The van der Waals surface area contributed by atoms with Crippen molar-refractivity contribution in [1.82, 2.24) is 4.57 Å². The molecule has 3 heterocycles. The minimum absolute atomic E-state index is 0.909. The number of para-hydroxylation sites is 3. The lowest BCUT2D eigenvalue weighted by atomic mass is 9.94. The van der Waals surface area contributed by atoms with Gasteiger partial charge in [-0.1, -0.05) is 103 Å². The Morgan fingerprint density at radius 3 is 2.16 bits per heavy atom. The van der Waals surface area contributed by atoms with Crippen LogP contribution in [0.15, 0.2) is 162 Å². The van der Waals surface area contributed by atoms with Crippen molar-refractivity contribution in [2.75, 3.05) is 4.90 Å². The monoisotopic (exact) mass is 574 g/mol. The molecule has 0 spiro atoms. The Kier molecular flexibility index (Phi) is 5.00. The predicted octanol–water partition coefficient (Wildman–Crippen LogP) is 11.8. The summed E-state index contributed by atoms with van der Waals surface area (Å²) in [6, 6.07) is 56.8. The molecule has 0 bridgehead atoms. The van der Waals surface area contributed by atoms with Gasteiger partial charge in [-0.25, -0.2) is 0 Å². The highest BCUT2D eigenvalue weighted by Gasteiger charge is 2.29. The third-order valence-corrected chi connectivity index (χ3v) is 9.30. The van der Waals surface area contributed by atoms with Crippen LogP contribution in [0.4, 0.5) is 17.2 Å². The first-order valence-corrected chi connectivity index (χ1v) is 15.4. The molecule has 3 heteroatoms. The number of hydrogen-bond acceptors (Lipinski definition) is 2. The Morgan fingerprint density at radius 1 is 0.444 bits per heavy atom. The Bertz CT molecular complexity index is 2620. The molecule has 0 saturated carbocycles. The molecule has 0 unspecified atom stereocenters. The average Bonchev–Trinajstić information content (AvgIpc) is 3.63. The fraction of sp³-hybridized carbons (Fsp3) is 0. The van der Waals surface area contributed by atoms with Gasteiger partial charge in [-0.15, -0.1) is 0 Å². The first kappa shape index (κ1) is 24.4. The van der Waals surface area contributed by atoms with Crippen molar-refractivity contribution in [3.05, 3.63) is 158 Å². The maximum Gasteiger partial charge on any atom is 0.135 e. The zero-order valence-electron chi connectivity index (χ0n) is 24.3. The molecule has 0 atom stereocenters. The third kappa shape index (κ3) is 3.52. The van der Waals surface area contributed by atoms with Crippen LogP contribution >= 0.6 is 0 Å². The fourth-order valence-electron chi connectivity index (χ4n) is 7.29. The minimum Gasteiger partial charge on any atom is -0.456 e. The van der Waals surface area contributed by atoms with E-state index in [0.717, 1.165) is 50.3 Å². The van der Waals surface area contributed by atoms with Crippen molar-refractivity contribution in [1.29, 1.82) is 0 Å². The second-order valence-corrected chi connectivity index (χ2v) is 11.8. The lowest BCUT2D eigenvalue weighted by Gasteiger charge is -2.26. The van der Waals surface area contributed by atoms with Crippen molar-refractivity contribution in [3.63, 3.8) is 0 Å². The quantitative estimate of drug-likeness (QED) is 0.205. The van der Waals surface area contributed by atoms with E-state index in [9.17, 15) is 0 Å². The highest BCUT2D eigenvalue weighted by atomic mass is 16.3. The van der Waals surface area contributed by atoms with E-state index in [0.29, 0.717) is 0 Å². The Balaban J connectivity index is 1.25. The van der Waals surface area contributed by atoms with Crippen LogP contribution < -0.4 is 4.90 Å². The van der Waals surface area contributed by atoms with Crippen LogP contribution in [0, 0.1) is 0 Å². The molecule has 2 aromatic heterocycles. The maximum atomic E-state index is 6.13. The summed E-state index contributed by atoms with van der Waals surface area (Å²) in [6.07, 6.45) is 0. The molecule has 0 N–H and O–H groups in total. The molecule has 3 nitrogen and oxygen atoms in total. The average molecular weight is 575 g/mol. The predicted molar refractivity (Wildman–Crippen MR) is 187 cm³/mol. The molecule has 9 aromatic rings. The van der Waals surface area contributed by atoms with Crippen LogP contribution in [-0.2, 0) is 0 Å². The van der Waals surface area contributed by atoms with Crippen LogP contribution in [-0.4, -0.2) is 4.57 Å². The van der Waals surface area contributed by atoms with E-state index >= 15 is 0 Å². The summed E-state index contributed by atoms with van der Waals surface area (Å²) in [7, 11) is 0. The van der Waals surface area contributed by atoms with Gasteiger partial charge in [0.15, 0.2) is 0 Å². The van der Waals surface area contributed by atoms with E-state index in [1.807, 2.05) is 12.1 Å². The number of furan rings is 1. The summed E-state index contributed by atoms with van der Waals surface area (Å²) in [5.74, 6) is 1.12. The van der Waals surface area contributed by atoms with E-state index < -0.39 is 0 Å². The van der Waals surface area contributed by atoms with Gasteiger partial charge < -0.3 is 4.42 Å². The zero-order chi connectivity index (χ0) is 29.5. The molecular formula is C42H26N2O. The summed E-state index contributed by atoms with van der Waals surface area (Å²) in [6.45, 7) is 0. The van der Waals surface area contributed by atoms with Crippen molar-refractivity contribution in [3.8, 4) is 27.9 Å². The largest absolute Gasteiger partial charge is 0.456 e. The lowest BCUT2D eigenvalue weighted by Crippen LogP contribution is -2.12. The van der Waals surface area contributed by atoms with E-state index in [4.69, 9.17) is 4.42 Å². The first-order valence-electron chi connectivity index (χ1n) is 15.4. The smallest absolute Gasteiger partial charge is 0.135 e. The number of hydrogen-bond donors (Lipinski definition) is 0. The van der Waals surface area contributed by atoms with E-state index in [1.54, 1.807) is 0 Å². The van der Waals surface area contributed by atoms with Gasteiger partial charge in [-0.3, -0.25) is 9.47 Å². The molecule has 0 amide bonds. The zero-order valence-corrected chi connectivity index (χ0v) is 24.3. The molecule has 0 saturated heterocycles. The topological polar surface area (TPSA) is 21.3 Å². The number of rotatable bonds is 2. The molecule has 1 aliphatic heterocycles. The van der Waals surface area contributed by atoms with Gasteiger partial charge in [0.05, 0.1) is 16.9 Å². The molecule has 0 aliphatic carbocycles. The molecule has 0 radical (unpaired) electrons. The summed E-state index contributed by atoms with van der Waals surface area (Å²) in [4.78, 5) is 2.43. The Morgan fingerprint density at radius 2 is 1.20 bits per heavy atom. The van der Waals surface area contributed by atoms with Gasteiger partial charge in [0.25, 0.3) is 0 Å². The van der Waals surface area contributed by atoms with Crippen LogP contribution in [0.3, 0.4) is 0 Å². The van der Waals surface area contributed by atoms with E-state index in [1.165, 1.54) is 38.5 Å². The molecule has 0 fully saturated rings. The van der Waals surface area contributed by atoms with Gasteiger partial charge in [-0.2, -0.15) is 0 Å². The standard InChI is InChI=1S/C42H26N2O/c1-3-14-32-27(10-1)20-22-38-42(32)34-16-4-7-18-37(34)43(41-26-30-11-2-6-17-36(30)44(38)41)31-13-9-12-28(24-31)29-21-23-40-35(25-29)33-15-5-8-19-39(33)45-40/h1-26H. The number of anilines is 3. The summed E-state index contributed by atoms with van der Waals surface area (Å²) >= 11 is 0. The van der Waals surface area contributed by atoms with Gasteiger partial charge in [0.2, 0.25) is 0 Å². The number of nitrogens with zero attached hydrogens (tertiary/aromatic N) is 2. The van der Waals surface area contributed by atoms with Crippen LogP contribution in [0.5, 0.6) is 0 Å². The second-order valence-electron chi connectivity index (χ2n) is 11.8. The van der Waals surface area contributed by atoms with Crippen LogP contribution in [0.1, 0.15) is 0 Å². The number of fused-ring (bicyclic) bond motifs is 12. The van der Waals surface area contributed by atoms with Gasteiger partial charge in [-0.05, 0) is 76.5 Å². The van der Waals surface area contributed by atoms with Gasteiger partial charge in [0, 0.05) is 33.0 Å². The van der Waals surface area contributed by atoms with E-state index in [-0.39, 0.29) is 0 Å². The normalized spacial score (nSPS) is 12.4. The highest BCUT2D eigenvalue weighted by Crippen LogP contribution is 2.51. The van der Waals surface area contributed by atoms with Gasteiger partial charge in [0.1, 0.15) is 17.0 Å². The molecule has 10 rings (SSSR count). The van der Waals surface area contributed by atoms with Gasteiger partial charge >= 0.3 is 0 Å². The highest BCUT2D eigenvalue weighted by molar-refractivity contribution is 6.09. The molecule has 7 aromatic carbocycles. The Hall–Kier alpha value is -6.06. The van der Waals surface area contributed by atoms with Crippen molar-refractivity contribution >= 4 is 60.8 Å². The van der Waals surface area contributed by atoms with Crippen molar-refractivity contribution < 1.29 is 4.42 Å². The minimum atomic E-state index is 0.909. The summed E-state index contributed by atoms with van der Waals surface area (Å²) < 4.78 is 8.57. The lowest BCUT2D eigenvalue weighted by molar-refractivity contribution is 0.669. The number of benzene rings is 7. The first-order chi connectivity index (χ1) is 22.3. The number of aromatic nitrogens is 1. The fourth-order valence-corrected chi connectivity index (χ4v) is 7.29. The van der Waals surface area contributed by atoms with Crippen molar-refractivity contribution in [2.24, 2.45) is 0 Å². The Labute approximate surface area is 259 Å². The third-order valence-electron chi connectivity index (χ3n) is 9.30. The maximum absolute atomic E-state index is 6.13. The van der Waals surface area contributed by atoms with Crippen LogP contribution in [0.25, 0.3) is 71.6 Å². The molecule has 210 valence electrons. The van der Waals surface area contributed by atoms with Crippen LogP contribution in [0.2, 0.25) is 0 Å². The molecular weight excluding hydrogens is 548 g/mol. The second kappa shape index (κ2) is 9.22. The summed E-state index contributed by atoms with van der Waals surface area (Å²) in [5, 5.41) is 5.98. The summed E-state index contributed by atoms with van der Waals surface area (Å²) in [5.41, 5.74) is 11.3. The SMILES string of the molecule is c1cc(-c2ccc3oc4ccccc4c3c2)cc(N2c3ccccc3-c3c(ccc4ccccc34)-n3c2cc2ccccc23)c1. The molecule has 45 heavy (non-hydrogen) atoms. The van der Waals surface area contributed by atoms with Crippen molar-refractivity contribution in [2.45, 2.75) is 0 Å². The molecule has 1 aliphatic rings.